The summed E-state index contributed by atoms with van der Waals surface area (Å²) in [6, 6.07) is 20.0. The summed E-state index contributed by atoms with van der Waals surface area (Å²) in [5, 5.41) is 0. The third kappa shape index (κ3) is 3.05. The van der Waals surface area contributed by atoms with E-state index in [4.69, 9.17) is 5.84 Å². The second kappa shape index (κ2) is 6.24. The fourth-order valence-electron chi connectivity index (χ4n) is 2.15. The van der Waals surface area contributed by atoms with Crippen molar-refractivity contribution in [2.75, 3.05) is 10.9 Å². The Morgan fingerprint density at radius 3 is 2.36 bits per heavy atom. The molecule has 1 heterocycles. The van der Waals surface area contributed by atoms with Crippen LogP contribution in [0.2, 0.25) is 0 Å². The second-order valence-corrected chi connectivity index (χ2v) is 4.99. The third-order valence-corrected chi connectivity index (χ3v) is 3.34. The lowest BCUT2D eigenvalue weighted by molar-refractivity contribution is -0.630. The minimum Gasteiger partial charge on any atom is -0.245 e. The smallest absolute Gasteiger partial charge is 0.245 e. The molecule has 0 spiro atoms. The highest BCUT2D eigenvalue weighted by Gasteiger charge is 2.13. The van der Waals surface area contributed by atoms with E-state index in [2.05, 4.69) is 34.9 Å². The fourth-order valence-corrected chi connectivity index (χ4v) is 2.15. The first-order chi connectivity index (χ1) is 10.8. The monoisotopic (exact) mass is 292 g/mol. The lowest BCUT2D eigenvalue weighted by atomic mass is 10.1. The van der Waals surface area contributed by atoms with Gasteiger partial charge in [0.1, 0.15) is 0 Å². The van der Waals surface area contributed by atoms with Gasteiger partial charge in [-0.3, -0.25) is 0 Å². The zero-order valence-electron chi connectivity index (χ0n) is 12.3. The van der Waals surface area contributed by atoms with Crippen LogP contribution in [-0.4, -0.2) is 4.98 Å². The van der Waals surface area contributed by atoms with Crippen molar-refractivity contribution in [1.29, 1.82) is 0 Å². The van der Waals surface area contributed by atoms with Gasteiger partial charge in [-0.15, -0.1) is 4.68 Å². The molecule has 1 aromatic heterocycles. The molecule has 0 fully saturated rings. The Morgan fingerprint density at radius 1 is 0.955 bits per heavy atom. The second-order valence-electron chi connectivity index (χ2n) is 4.99. The van der Waals surface area contributed by atoms with Crippen LogP contribution in [0, 0.1) is 6.92 Å². The third-order valence-electron chi connectivity index (χ3n) is 3.34. The number of rotatable bonds is 4. The van der Waals surface area contributed by atoms with Gasteiger partial charge < -0.3 is 0 Å². The maximum Gasteiger partial charge on any atom is 0.431 e. The van der Waals surface area contributed by atoms with Gasteiger partial charge in [-0.2, -0.15) is 5.84 Å². The summed E-state index contributed by atoms with van der Waals surface area (Å²) in [5.74, 6) is 6.13. The Bertz CT molecular complexity index is 754. The quantitative estimate of drug-likeness (QED) is 0.393. The topological polar surface area (TPSA) is 66.8 Å². The van der Waals surface area contributed by atoms with Crippen LogP contribution in [0.15, 0.2) is 66.9 Å². The number of aryl methyl sites for hydroxylation is 1. The minimum absolute atomic E-state index is 0.530. The molecule has 0 saturated carbocycles. The first kappa shape index (κ1) is 14.0. The van der Waals surface area contributed by atoms with Crippen LogP contribution in [-0.2, 0) is 0 Å². The molecule has 4 N–H and O–H groups in total. The summed E-state index contributed by atoms with van der Waals surface area (Å²) in [4.78, 5) is 4.55. The van der Waals surface area contributed by atoms with Crippen LogP contribution in [0.3, 0.4) is 0 Å². The van der Waals surface area contributed by atoms with Crippen LogP contribution in [0.25, 0.3) is 11.3 Å². The number of nitrogens with two attached hydrogens (primary N) is 1. The van der Waals surface area contributed by atoms with Crippen molar-refractivity contribution in [3.8, 4) is 11.3 Å². The van der Waals surface area contributed by atoms with Gasteiger partial charge in [-0.05, 0) is 19.1 Å². The van der Waals surface area contributed by atoms with E-state index in [1.807, 2.05) is 54.7 Å². The lowest BCUT2D eigenvalue weighted by Gasteiger charge is -2.08. The Kier molecular flexibility index (Phi) is 3.98. The van der Waals surface area contributed by atoms with Gasteiger partial charge in [-0.1, -0.05) is 53.0 Å². The standard InChI is InChI=1S/C17H17N5/c1-13-7-9-14(10-8-13)16-11-12-22(17(19-16)20-18)21-15-5-3-2-4-6-15/h2-12,21H,18H2,1H3/p+1. The Hall–Kier alpha value is -2.92. The van der Waals surface area contributed by atoms with E-state index < -0.39 is 0 Å². The first-order valence-corrected chi connectivity index (χ1v) is 7.05. The zero-order valence-corrected chi connectivity index (χ0v) is 12.3. The average molecular weight is 292 g/mol. The Labute approximate surface area is 129 Å². The lowest BCUT2D eigenvalue weighted by Crippen LogP contribution is -2.46. The number of anilines is 2. The van der Waals surface area contributed by atoms with E-state index in [0.717, 1.165) is 16.9 Å². The molecular formula is C17H18N5+. The molecule has 110 valence electrons. The van der Waals surface area contributed by atoms with Crippen molar-refractivity contribution in [3.63, 3.8) is 0 Å². The van der Waals surface area contributed by atoms with E-state index in [1.165, 1.54) is 5.56 Å². The highest BCUT2D eigenvalue weighted by Crippen LogP contribution is 2.17. The normalized spacial score (nSPS) is 10.3. The van der Waals surface area contributed by atoms with Gasteiger partial charge in [0.15, 0.2) is 5.69 Å². The molecule has 5 nitrogen and oxygen atoms in total. The van der Waals surface area contributed by atoms with E-state index >= 15 is 0 Å². The zero-order chi connectivity index (χ0) is 15.4. The number of aromatic nitrogens is 2. The van der Waals surface area contributed by atoms with Gasteiger partial charge in [0.05, 0.1) is 11.9 Å². The molecule has 5 heteroatoms. The van der Waals surface area contributed by atoms with Gasteiger partial charge in [0.2, 0.25) is 0 Å². The van der Waals surface area contributed by atoms with Crippen molar-refractivity contribution < 1.29 is 4.68 Å². The molecule has 0 bridgehead atoms. The maximum atomic E-state index is 5.60. The van der Waals surface area contributed by atoms with Crippen molar-refractivity contribution in [1.82, 2.24) is 4.98 Å². The summed E-state index contributed by atoms with van der Waals surface area (Å²) in [6.45, 7) is 2.06. The molecule has 0 saturated heterocycles. The van der Waals surface area contributed by atoms with E-state index in [-0.39, 0.29) is 0 Å². The molecule has 0 amide bonds. The number of para-hydroxylation sites is 1. The molecular weight excluding hydrogens is 274 g/mol. The number of hydrogen-bond acceptors (Lipinski definition) is 4. The number of hydrogen-bond donors (Lipinski definition) is 3. The Balaban J connectivity index is 1.92. The van der Waals surface area contributed by atoms with Gasteiger partial charge in [0, 0.05) is 11.6 Å². The largest absolute Gasteiger partial charge is 0.431 e. The van der Waals surface area contributed by atoms with Crippen LogP contribution >= 0.6 is 0 Å². The number of benzene rings is 2. The van der Waals surface area contributed by atoms with Crippen molar-refractivity contribution >= 4 is 11.6 Å². The number of hydrazine groups is 1. The van der Waals surface area contributed by atoms with Crippen LogP contribution in [0.1, 0.15) is 5.56 Å². The van der Waals surface area contributed by atoms with Crippen LogP contribution in [0.5, 0.6) is 0 Å². The molecule has 0 aliphatic carbocycles. The predicted octanol–water partition coefficient (Wildman–Crippen LogP) is 2.51. The summed E-state index contributed by atoms with van der Waals surface area (Å²) < 4.78 is 1.74. The summed E-state index contributed by atoms with van der Waals surface area (Å²) in [5.41, 5.74) is 9.93. The van der Waals surface area contributed by atoms with E-state index in [1.54, 1.807) is 4.68 Å². The summed E-state index contributed by atoms with van der Waals surface area (Å²) >= 11 is 0. The fraction of sp³-hybridized carbons (Fsp3) is 0.0588. The van der Waals surface area contributed by atoms with Crippen molar-refractivity contribution in [3.05, 3.63) is 72.4 Å². The maximum absolute atomic E-state index is 5.60. The highest BCUT2D eigenvalue weighted by atomic mass is 15.5. The number of nitrogens with zero attached hydrogens (tertiary/aromatic N) is 2. The van der Waals surface area contributed by atoms with E-state index in [9.17, 15) is 0 Å². The van der Waals surface area contributed by atoms with Gasteiger partial charge in [-0.25, -0.2) is 10.9 Å². The minimum atomic E-state index is 0.530. The summed E-state index contributed by atoms with van der Waals surface area (Å²) in [6.07, 6.45) is 1.89. The molecule has 3 rings (SSSR count). The van der Waals surface area contributed by atoms with Crippen LogP contribution < -0.4 is 21.4 Å². The van der Waals surface area contributed by atoms with Gasteiger partial charge in [0.25, 0.3) is 0 Å². The number of nitrogen functional groups attached to an aromatic ring is 1. The predicted molar refractivity (Wildman–Crippen MR) is 87.9 cm³/mol. The SMILES string of the molecule is Cc1ccc(-c2cc[n+](Nc3ccccc3)c(NN)n2)cc1. The van der Waals surface area contributed by atoms with E-state index in [0.29, 0.717) is 5.95 Å². The molecule has 0 unspecified atom stereocenters. The molecule has 3 aromatic rings. The first-order valence-electron chi connectivity index (χ1n) is 7.05. The van der Waals surface area contributed by atoms with Crippen molar-refractivity contribution in [2.45, 2.75) is 6.92 Å². The molecule has 0 radical (unpaired) electrons. The Morgan fingerprint density at radius 2 is 1.68 bits per heavy atom. The molecule has 0 aliphatic rings. The highest BCUT2D eigenvalue weighted by molar-refractivity contribution is 5.59. The van der Waals surface area contributed by atoms with Gasteiger partial charge >= 0.3 is 5.95 Å². The molecule has 0 atom stereocenters. The average Bonchev–Trinajstić information content (AvgIpc) is 2.57. The number of nitrogens with one attached hydrogen (secondary N) is 2. The molecule has 22 heavy (non-hydrogen) atoms. The molecule has 2 aromatic carbocycles. The van der Waals surface area contributed by atoms with Crippen LogP contribution in [0.4, 0.5) is 11.6 Å². The summed E-state index contributed by atoms with van der Waals surface area (Å²) in [7, 11) is 0. The van der Waals surface area contributed by atoms with Crippen molar-refractivity contribution in [2.24, 2.45) is 5.84 Å². The molecule has 0 aliphatic heterocycles.